The van der Waals surface area contributed by atoms with E-state index in [1.165, 1.54) is 0 Å². The minimum atomic E-state index is 0.514. The van der Waals surface area contributed by atoms with Crippen molar-refractivity contribution >= 4 is 17.3 Å². The zero-order chi connectivity index (χ0) is 14.5. The van der Waals surface area contributed by atoms with E-state index in [4.69, 9.17) is 0 Å². The molecule has 0 unspecified atom stereocenters. The molecule has 0 spiro atoms. The van der Waals surface area contributed by atoms with Crippen LogP contribution in [-0.2, 0) is 6.42 Å². The molecule has 0 amide bonds. The minimum Gasteiger partial charge on any atom is -0.354 e. The molecule has 0 aromatic carbocycles. The number of thiazole rings is 1. The van der Waals surface area contributed by atoms with Crippen molar-refractivity contribution in [3.63, 3.8) is 0 Å². The maximum atomic E-state index is 4.46. The number of anilines is 1. The maximum absolute atomic E-state index is 4.46. The summed E-state index contributed by atoms with van der Waals surface area (Å²) in [4.78, 5) is 17.6. The summed E-state index contributed by atoms with van der Waals surface area (Å²) >= 11 is 1.59. The van der Waals surface area contributed by atoms with Gasteiger partial charge in [-0.3, -0.25) is 0 Å². The van der Waals surface area contributed by atoms with Crippen molar-refractivity contribution in [3.8, 4) is 5.95 Å². The monoisotopic (exact) mass is 301 g/mol. The van der Waals surface area contributed by atoms with Crippen molar-refractivity contribution in [1.29, 1.82) is 0 Å². The van der Waals surface area contributed by atoms with Crippen LogP contribution in [0.5, 0.6) is 0 Å². The number of hydrogen-bond acceptors (Lipinski definition) is 7. The first-order chi connectivity index (χ1) is 10.3. The Balaban J connectivity index is 1.92. The zero-order valence-corrected chi connectivity index (χ0v) is 12.4. The van der Waals surface area contributed by atoms with Gasteiger partial charge in [-0.05, 0) is 12.5 Å². The van der Waals surface area contributed by atoms with Crippen LogP contribution in [0.2, 0.25) is 0 Å². The van der Waals surface area contributed by atoms with E-state index in [0.717, 1.165) is 18.0 Å². The number of rotatable bonds is 6. The van der Waals surface area contributed by atoms with Gasteiger partial charge < -0.3 is 5.32 Å². The third kappa shape index (κ3) is 3.40. The Hall–Kier alpha value is -2.35. The molecule has 3 aromatic rings. The third-order valence-electron chi connectivity index (χ3n) is 2.71. The van der Waals surface area contributed by atoms with Crippen LogP contribution in [0.1, 0.15) is 24.2 Å². The van der Waals surface area contributed by atoms with Gasteiger partial charge in [0.25, 0.3) is 5.95 Å². The van der Waals surface area contributed by atoms with Gasteiger partial charge in [0.15, 0.2) is 0 Å². The van der Waals surface area contributed by atoms with E-state index in [-0.39, 0.29) is 0 Å². The lowest BCUT2D eigenvalue weighted by atomic mass is 10.4. The highest BCUT2D eigenvalue weighted by Crippen LogP contribution is 2.12. The summed E-state index contributed by atoms with van der Waals surface area (Å²) in [5.41, 5.74) is 0. The van der Waals surface area contributed by atoms with Gasteiger partial charge in [0.1, 0.15) is 10.8 Å². The van der Waals surface area contributed by atoms with Crippen molar-refractivity contribution in [1.82, 2.24) is 29.7 Å². The van der Waals surface area contributed by atoms with Gasteiger partial charge in [0.05, 0.1) is 6.42 Å². The van der Waals surface area contributed by atoms with Crippen LogP contribution < -0.4 is 5.32 Å². The zero-order valence-electron chi connectivity index (χ0n) is 11.6. The van der Waals surface area contributed by atoms with Gasteiger partial charge >= 0.3 is 0 Å². The van der Waals surface area contributed by atoms with Crippen molar-refractivity contribution in [2.24, 2.45) is 0 Å². The first kappa shape index (κ1) is 13.6. The summed E-state index contributed by atoms with van der Waals surface area (Å²) < 4.78 is 1.63. The molecule has 7 nitrogen and oxygen atoms in total. The molecule has 0 fully saturated rings. The van der Waals surface area contributed by atoms with E-state index in [1.807, 2.05) is 17.6 Å². The molecular weight excluding hydrogens is 286 g/mol. The van der Waals surface area contributed by atoms with Crippen LogP contribution in [0, 0.1) is 0 Å². The molecule has 0 radical (unpaired) electrons. The molecule has 0 aliphatic rings. The highest BCUT2D eigenvalue weighted by molar-refractivity contribution is 7.09. The second kappa shape index (κ2) is 6.40. The Morgan fingerprint density at radius 3 is 2.90 bits per heavy atom. The van der Waals surface area contributed by atoms with Crippen LogP contribution in [0.4, 0.5) is 5.95 Å². The quantitative estimate of drug-likeness (QED) is 0.749. The Morgan fingerprint density at radius 1 is 1.24 bits per heavy atom. The molecule has 0 saturated carbocycles. The lowest BCUT2D eigenvalue weighted by molar-refractivity contribution is 0.770. The summed E-state index contributed by atoms with van der Waals surface area (Å²) in [7, 11) is 0. The lowest BCUT2D eigenvalue weighted by Gasteiger charge is -2.07. The Bertz CT molecular complexity index is 679. The van der Waals surface area contributed by atoms with Crippen molar-refractivity contribution in [3.05, 3.63) is 40.9 Å². The number of nitrogens with one attached hydrogen (secondary N) is 1. The average molecular weight is 301 g/mol. The molecule has 3 aromatic heterocycles. The molecule has 0 aliphatic heterocycles. The largest absolute Gasteiger partial charge is 0.354 e. The second-order valence-electron chi connectivity index (χ2n) is 4.36. The van der Waals surface area contributed by atoms with Crippen LogP contribution in [0.15, 0.2) is 30.0 Å². The number of nitrogens with zero attached hydrogens (tertiary/aromatic N) is 6. The molecule has 0 aliphatic carbocycles. The SMILES string of the molecule is CCCNc1nc(Cc2nccs2)nc(-n2cccn2)n1. The standard InChI is InChI=1S/C13H15N7S/c1-2-4-15-12-17-10(9-11-14-6-8-21-11)18-13(19-12)20-7-3-5-16-20/h3,5-8H,2,4,9H2,1H3,(H,15,17,18,19). The van der Waals surface area contributed by atoms with Crippen molar-refractivity contribution in [2.75, 3.05) is 11.9 Å². The minimum absolute atomic E-state index is 0.514. The summed E-state index contributed by atoms with van der Waals surface area (Å²) in [6.45, 7) is 2.92. The predicted molar refractivity (Wildman–Crippen MR) is 80.6 cm³/mol. The molecule has 0 saturated heterocycles. The van der Waals surface area contributed by atoms with Gasteiger partial charge in [-0.2, -0.15) is 20.1 Å². The van der Waals surface area contributed by atoms with Crippen molar-refractivity contribution < 1.29 is 0 Å². The van der Waals surface area contributed by atoms with Gasteiger partial charge in [-0.1, -0.05) is 6.92 Å². The van der Waals surface area contributed by atoms with Gasteiger partial charge in [-0.25, -0.2) is 9.67 Å². The molecule has 3 rings (SSSR count). The van der Waals surface area contributed by atoms with Gasteiger partial charge in [-0.15, -0.1) is 11.3 Å². The maximum Gasteiger partial charge on any atom is 0.255 e. The molecule has 8 heteroatoms. The van der Waals surface area contributed by atoms with Gasteiger partial charge in [0.2, 0.25) is 5.95 Å². The van der Waals surface area contributed by atoms with Crippen molar-refractivity contribution in [2.45, 2.75) is 19.8 Å². The average Bonchev–Trinajstić information content (AvgIpc) is 3.18. The Morgan fingerprint density at radius 2 is 2.19 bits per heavy atom. The van der Waals surface area contributed by atoms with Crippen LogP contribution in [-0.4, -0.2) is 36.3 Å². The third-order valence-corrected chi connectivity index (χ3v) is 3.48. The fourth-order valence-electron chi connectivity index (χ4n) is 1.77. The molecule has 3 heterocycles. The Labute approximate surface area is 126 Å². The highest BCUT2D eigenvalue weighted by atomic mass is 32.1. The number of hydrogen-bond donors (Lipinski definition) is 1. The normalized spacial score (nSPS) is 10.7. The van der Waals surface area contributed by atoms with E-state index in [1.54, 1.807) is 28.4 Å². The molecule has 21 heavy (non-hydrogen) atoms. The summed E-state index contributed by atoms with van der Waals surface area (Å²) in [6, 6.07) is 1.84. The second-order valence-corrected chi connectivity index (χ2v) is 5.33. The van der Waals surface area contributed by atoms with Gasteiger partial charge in [0, 0.05) is 30.5 Å². The molecule has 108 valence electrons. The summed E-state index contributed by atoms with van der Waals surface area (Å²) in [5, 5.41) is 10.3. The van der Waals surface area contributed by atoms with E-state index >= 15 is 0 Å². The van der Waals surface area contributed by atoms with Crippen LogP contribution in [0.3, 0.4) is 0 Å². The molecule has 0 atom stereocenters. The fourth-order valence-corrected chi connectivity index (χ4v) is 2.38. The molecule has 1 N–H and O–H groups in total. The summed E-state index contributed by atoms with van der Waals surface area (Å²) in [5.74, 6) is 1.77. The smallest absolute Gasteiger partial charge is 0.255 e. The lowest BCUT2D eigenvalue weighted by Crippen LogP contribution is -2.12. The number of aromatic nitrogens is 6. The molecule has 0 bridgehead atoms. The fraction of sp³-hybridized carbons (Fsp3) is 0.308. The van der Waals surface area contributed by atoms with Crippen LogP contribution >= 0.6 is 11.3 Å². The van der Waals surface area contributed by atoms with E-state index in [9.17, 15) is 0 Å². The first-order valence-corrected chi connectivity index (χ1v) is 7.60. The van der Waals surface area contributed by atoms with E-state index < -0.39 is 0 Å². The van der Waals surface area contributed by atoms with Crippen LogP contribution in [0.25, 0.3) is 5.95 Å². The Kier molecular flexibility index (Phi) is 4.15. The topological polar surface area (TPSA) is 81.4 Å². The first-order valence-electron chi connectivity index (χ1n) is 6.72. The highest BCUT2D eigenvalue weighted by Gasteiger charge is 2.10. The predicted octanol–water partition coefficient (Wildman–Crippen LogP) is 1.93. The molecular formula is C13H15N7S. The van der Waals surface area contributed by atoms with E-state index in [2.05, 4.69) is 37.3 Å². The summed E-state index contributed by atoms with van der Waals surface area (Å²) in [6.07, 6.45) is 6.89. The van der Waals surface area contributed by atoms with E-state index in [0.29, 0.717) is 24.1 Å².